The SMILES string of the molecule is O=C(Nc1ccc(F)cc1)Nc1c(F)cccc1C(=O)O. The lowest BCUT2D eigenvalue weighted by atomic mass is 10.1. The quantitative estimate of drug-likeness (QED) is 0.812. The van der Waals surface area contributed by atoms with Crippen LogP contribution in [0.25, 0.3) is 0 Å². The summed E-state index contributed by atoms with van der Waals surface area (Å²) in [4.78, 5) is 22.7. The van der Waals surface area contributed by atoms with E-state index in [9.17, 15) is 18.4 Å². The number of urea groups is 1. The van der Waals surface area contributed by atoms with Crippen molar-refractivity contribution in [3.8, 4) is 0 Å². The van der Waals surface area contributed by atoms with Crippen molar-refractivity contribution in [3.63, 3.8) is 0 Å². The first-order valence-electron chi connectivity index (χ1n) is 5.83. The van der Waals surface area contributed by atoms with Crippen molar-refractivity contribution in [3.05, 3.63) is 59.7 Å². The van der Waals surface area contributed by atoms with Crippen LogP contribution < -0.4 is 10.6 Å². The lowest BCUT2D eigenvalue weighted by Gasteiger charge is -2.10. The fourth-order valence-electron chi connectivity index (χ4n) is 1.64. The van der Waals surface area contributed by atoms with Crippen LogP contribution in [0.15, 0.2) is 42.5 Å². The molecular formula is C14H10F2N2O3. The molecule has 0 aromatic heterocycles. The Bertz CT molecular complexity index is 687. The average Bonchev–Trinajstić information content (AvgIpc) is 2.43. The third kappa shape index (κ3) is 3.53. The Morgan fingerprint density at radius 3 is 2.24 bits per heavy atom. The standard InChI is InChI=1S/C14H10F2N2O3/c15-8-4-6-9(7-5-8)17-14(21)18-12-10(13(19)20)2-1-3-11(12)16/h1-7H,(H,19,20)(H2,17,18,21). The topological polar surface area (TPSA) is 78.4 Å². The fraction of sp³-hybridized carbons (Fsp3) is 0. The van der Waals surface area contributed by atoms with Gasteiger partial charge in [-0.05, 0) is 36.4 Å². The van der Waals surface area contributed by atoms with Crippen molar-refractivity contribution in [2.45, 2.75) is 0 Å². The molecule has 0 aliphatic carbocycles. The minimum Gasteiger partial charge on any atom is -0.478 e. The molecule has 2 rings (SSSR count). The van der Waals surface area contributed by atoms with Gasteiger partial charge in [0.1, 0.15) is 11.6 Å². The molecule has 0 radical (unpaired) electrons. The normalized spacial score (nSPS) is 10.0. The lowest BCUT2D eigenvalue weighted by molar-refractivity contribution is 0.0697. The van der Waals surface area contributed by atoms with E-state index >= 15 is 0 Å². The van der Waals surface area contributed by atoms with E-state index in [4.69, 9.17) is 5.11 Å². The number of carbonyl (C=O) groups excluding carboxylic acids is 1. The van der Waals surface area contributed by atoms with Crippen molar-refractivity contribution < 1.29 is 23.5 Å². The summed E-state index contributed by atoms with van der Waals surface area (Å²) in [6, 6.07) is 7.49. The van der Waals surface area contributed by atoms with E-state index in [0.29, 0.717) is 0 Å². The number of benzene rings is 2. The highest BCUT2D eigenvalue weighted by Crippen LogP contribution is 2.20. The highest BCUT2D eigenvalue weighted by Gasteiger charge is 2.16. The first kappa shape index (κ1) is 14.4. The zero-order chi connectivity index (χ0) is 15.4. The number of hydrogen-bond donors (Lipinski definition) is 3. The van der Waals surface area contributed by atoms with Crippen LogP contribution in [0.1, 0.15) is 10.4 Å². The Morgan fingerprint density at radius 2 is 1.62 bits per heavy atom. The van der Waals surface area contributed by atoms with Crippen LogP contribution in [0.3, 0.4) is 0 Å². The Morgan fingerprint density at radius 1 is 0.952 bits per heavy atom. The number of aromatic carboxylic acids is 1. The number of para-hydroxylation sites is 1. The van der Waals surface area contributed by atoms with Crippen molar-refractivity contribution in [2.75, 3.05) is 10.6 Å². The van der Waals surface area contributed by atoms with Crippen molar-refractivity contribution in [2.24, 2.45) is 0 Å². The van der Waals surface area contributed by atoms with E-state index < -0.39 is 29.3 Å². The Labute approximate surface area is 118 Å². The monoisotopic (exact) mass is 292 g/mol. The summed E-state index contributed by atoms with van der Waals surface area (Å²) in [7, 11) is 0. The predicted octanol–water partition coefficient (Wildman–Crippen LogP) is 3.31. The van der Waals surface area contributed by atoms with Gasteiger partial charge in [-0.15, -0.1) is 0 Å². The molecule has 21 heavy (non-hydrogen) atoms. The molecule has 0 spiro atoms. The Kier molecular flexibility index (Phi) is 4.13. The van der Waals surface area contributed by atoms with E-state index in [0.717, 1.165) is 18.2 Å². The third-order valence-electron chi connectivity index (χ3n) is 2.58. The molecule has 0 fully saturated rings. The molecule has 108 valence electrons. The largest absolute Gasteiger partial charge is 0.478 e. The highest BCUT2D eigenvalue weighted by molar-refractivity contribution is 6.04. The van der Waals surface area contributed by atoms with Gasteiger partial charge in [-0.3, -0.25) is 0 Å². The molecule has 0 aliphatic rings. The first-order valence-corrected chi connectivity index (χ1v) is 5.83. The Balaban J connectivity index is 2.16. The predicted molar refractivity (Wildman–Crippen MR) is 72.4 cm³/mol. The number of amides is 2. The van der Waals surface area contributed by atoms with E-state index in [2.05, 4.69) is 10.6 Å². The van der Waals surface area contributed by atoms with E-state index in [1.807, 2.05) is 0 Å². The minimum atomic E-state index is -1.37. The van der Waals surface area contributed by atoms with Gasteiger partial charge in [0.2, 0.25) is 0 Å². The molecule has 0 aliphatic heterocycles. The third-order valence-corrected chi connectivity index (χ3v) is 2.58. The molecule has 0 bridgehead atoms. The van der Waals surface area contributed by atoms with Crippen molar-refractivity contribution in [1.82, 2.24) is 0 Å². The zero-order valence-electron chi connectivity index (χ0n) is 10.6. The summed E-state index contributed by atoms with van der Waals surface area (Å²) in [5.41, 5.74) is -0.531. The molecule has 7 heteroatoms. The molecule has 0 saturated carbocycles. The van der Waals surface area contributed by atoms with Gasteiger partial charge in [-0.25, -0.2) is 18.4 Å². The molecule has 0 unspecified atom stereocenters. The second-order valence-corrected chi connectivity index (χ2v) is 4.05. The van der Waals surface area contributed by atoms with Crippen LogP contribution >= 0.6 is 0 Å². The van der Waals surface area contributed by atoms with Gasteiger partial charge in [0.05, 0.1) is 11.3 Å². The van der Waals surface area contributed by atoms with Gasteiger partial charge >= 0.3 is 12.0 Å². The van der Waals surface area contributed by atoms with Gasteiger partial charge in [0, 0.05) is 5.69 Å². The number of anilines is 2. The molecule has 5 nitrogen and oxygen atoms in total. The summed E-state index contributed by atoms with van der Waals surface area (Å²) in [6.45, 7) is 0. The minimum absolute atomic E-state index is 0.280. The number of halogens is 2. The maximum atomic E-state index is 13.6. The number of carboxylic acid groups (broad SMARTS) is 1. The number of rotatable bonds is 3. The number of hydrogen-bond acceptors (Lipinski definition) is 2. The molecule has 2 aromatic rings. The fourth-order valence-corrected chi connectivity index (χ4v) is 1.64. The molecule has 2 amide bonds. The number of carbonyl (C=O) groups is 2. The smallest absolute Gasteiger partial charge is 0.337 e. The van der Waals surface area contributed by atoms with Crippen LogP contribution in [0.2, 0.25) is 0 Å². The summed E-state index contributed by atoms with van der Waals surface area (Å²) < 4.78 is 26.3. The van der Waals surface area contributed by atoms with Crippen LogP contribution in [0.5, 0.6) is 0 Å². The second-order valence-electron chi connectivity index (χ2n) is 4.05. The molecule has 0 heterocycles. The summed E-state index contributed by atoms with van der Waals surface area (Å²) in [5, 5.41) is 13.4. The van der Waals surface area contributed by atoms with Crippen LogP contribution in [-0.4, -0.2) is 17.1 Å². The van der Waals surface area contributed by atoms with E-state index in [-0.39, 0.29) is 11.3 Å². The number of carboxylic acids is 1. The lowest BCUT2D eigenvalue weighted by Crippen LogP contribution is -2.21. The molecule has 2 aromatic carbocycles. The van der Waals surface area contributed by atoms with Crippen molar-refractivity contribution in [1.29, 1.82) is 0 Å². The maximum absolute atomic E-state index is 13.6. The van der Waals surface area contributed by atoms with Gasteiger partial charge in [-0.2, -0.15) is 0 Å². The van der Waals surface area contributed by atoms with Crippen LogP contribution in [0, 0.1) is 11.6 Å². The summed E-state index contributed by atoms with van der Waals surface area (Å²) in [6.07, 6.45) is 0. The van der Waals surface area contributed by atoms with Gasteiger partial charge < -0.3 is 15.7 Å². The average molecular weight is 292 g/mol. The summed E-state index contributed by atoms with van der Waals surface area (Å²) >= 11 is 0. The van der Waals surface area contributed by atoms with Gasteiger partial charge in [-0.1, -0.05) is 6.07 Å². The maximum Gasteiger partial charge on any atom is 0.337 e. The van der Waals surface area contributed by atoms with Crippen molar-refractivity contribution >= 4 is 23.4 Å². The Hall–Kier alpha value is -2.96. The molecule has 0 saturated heterocycles. The van der Waals surface area contributed by atoms with E-state index in [1.165, 1.54) is 24.3 Å². The summed E-state index contributed by atoms with van der Waals surface area (Å²) in [5.74, 6) is -2.71. The van der Waals surface area contributed by atoms with Gasteiger partial charge in [0.15, 0.2) is 0 Å². The molecular weight excluding hydrogens is 282 g/mol. The van der Waals surface area contributed by atoms with Gasteiger partial charge in [0.25, 0.3) is 0 Å². The number of nitrogens with one attached hydrogen (secondary N) is 2. The van der Waals surface area contributed by atoms with E-state index in [1.54, 1.807) is 0 Å². The van der Waals surface area contributed by atoms with Crippen LogP contribution in [0.4, 0.5) is 25.0 Å². The first-order chi connectivity index (χ1) is 9.97. The zero-order valence-corrected chi connectivity index (χ0v) is 10.6. The van der Waals surface area contributed by atoms with Crippen LogP contribution in [-0.2, 0) is 0 Å². The molecule has 0 atom stereocenters. The second kappa shape index (κ2) is 6.00. The molecule has 3 N–H and O–H groups in total. The highest BCUT2D eigenvalue weighted by atomic mass is 19.1.